The molecule has 0 aromatic heterocycles. The van der Waals surface area contributed by atoms with Gasteiger partial charge < -0.3 is 24.1 Å². The zero-order chi connectivity index (χ0) is 60.6. The maximum Gasteiger partial charge on any atom is 0.141 e. The number of unbranched alkanes of at least 4 members (excludes halogenated alkanes) is 45. The van der Waals surface area contributed by atoms with Gasteiger partial charge in [-0.2, -0.15) is 0 Å². The van der Waals surface area contributed by atoms with Crippen LogP contribution in [-0.2, 0) is 19.8 Å². The second kappa shape index (κ2) is 49.3. The standard InChI is InChI=1S/C80H133ClO5/c1-4-7-10-13-16-19-22-25-28-31-34-37-40-43-46-51-61-83-77-64-69(68-86-72-59-60-74-73-57-49-50-58-75(73)80(82,76(74)67-72)70-55-54-56-71(81)66-70)65-78(84-62-52-47-44-41-38-35-32-29-26-23-20-17-14-11-8-5-2)79(77)85-63-53-48-45-42-39-36-33-30-27-24-21-18-15-12-9-6-3/h49-50,54-60,66-67,69,77-79,82H,4-48,51-53,61-65,68H2,1-3H3. The normalized spacial score (nSPS) is 18.2. The third-order valence-corrected chi connectivity index (χ3v) is 19.8. The monoisotopic (exact) mass is 1210 g/mol. The Morgan fingerprint density at radius 1 is 0.372 bits per heavy atom. The summed E-state index contributed by atoms with van der Waals surface area (Å²) in [5.74, 6) is 1.02. The molecule has 2 aliphatic carbocycles. The van der Waals surface area contributed by atoms with Gasteiger partial charge in [0.25, 0.3) is 0 Å². The summed E-state index contributed by atoms with van der Waals surface area (Å²) in [7, 11) is 0. The SMILES string of the molecule is CCCCCCCCCCCCCCCCCCOC1CC(COc2ccc3c(c2)C(O)(c2cccc(Cl)c2)c2ccccc2-3)CC(OCCCCCCCCCCCCCCCCCC)C1OCCCCCCCCCCCCCCCCCC. The van der Waals surface area contributed by atoms with E-state index in [0.717, 1.165) is 85.5 Å². The molecule has 5 rings (SSSR count). The number of hydrogen-bond donors (Lipinski definition) is 1. The lowest BCUT2D eigenvalue weighted by molar-refractivity contribution is -0.172. The lowest BCUT2D eigenvalue weighted by Gasteiger charge is -2.41. The first-order chi connectivity index (χ1) is 42.5. The highest BCUT2D eigenvalue weighted by Crippen LogP contribution is 2.52. The van der Waals surface area contributed by atoms with Gasteiger partial charge in [0.2, 0.25) is 0 Å². The highest BCUT2D eigenvalue weighted by atomic mass is 35.5. The van der Waals surface area contributed by atoms with Gasteiger partial charge in [-0.15, -0.1) is 0 Å². The highest BCUT2D eigenvalue weighted by Gasteiger charge is 2.44. The fourth-order valence-corrected chi connectivity index (χ4v) is 14.3. The molecule has 0 bridgehead atoms. The van der Waals surface area contributed by atoms with E-state index in [0.29, 0.717) is 11.6 Å². The summed E-state index contributed by atoms with van der Waals surface area (Å²) >= 11 is 6.57. The predicted octanol–water partition coefficient (Wildman–Crippen LogP) is 25.3. The van der Waals surface area contributed by atoms with Crippen LogP contribution in [0.15, 0.2) is 66.7 Å². The van der Waals surface area contributed by atoms with Crippen molar-refractivity contribution in [1.29, 1.82) is 0 Å². The van der Waals surface area contributed by atoms with Gasteiger partial charge in [-0.1, -0.05) is 364 Å². The molecule has 3 aromatic rings. The molecule has 0 saturated heterocycles. The van der Waals surface area contributed by atoms with E-state index in [1.165, 1.54) is 289 Å². The number of halogens is 1. The minimum Gasteiger partial charge on any atom is -0.493 e. The van der Waals surface area contributed by atoms with Crippen molar-refractivity contribution in [3.63, 3.8) is 0 Å². The fourth-order valence-electron chi connectivity index (χ4n) is 14.1. The zero-order valence-electron chi connectivity index (χ0n) is 56.3. The Hall–Kier alpha value is -2.41. The summed E-state index contributed by atoms with van der Waals surface area (Å²) in [4.78, 5) is 0. The fraction of sp³-hybridized carbons (Fsp3) is 0.775. The van der Waals surface area contributed by atoms with Crippen LogP contribution in [0.1, 0.15) is 359 Å². The number of benzene rings is 3. The van der Waals surface area contributed by atoms with Crippen molar-refractivity contribution < 1.29 is 24.1 Å². The van der Waals surface area contributed by atoms with Crippen LogP contribution in [0.4, 0.5) is 0 Å². The molecule has 6 heteroatoms. The third-order valence-electron chi connectivity index (χ3n) is 19.5. The number of fused-ring (bicyclic) bond motifs is 3. The lowest BCUT2D eigenvalue weighted by Crippen LogP contribution is -2.50. The molecule has 1 N–H and O–H groups in total. The van der Waals surface area contributed by atoms with Gasteiger partial charge >= 0.3 is 0 Å². The molecule has 1 fully saturated rings. The van der Waals surface area contributed by atoms with Crippen LogP contribution in [0.2, 0.25) is 5.02 Å². The molecule has 3 aromatic carbocycles. The van der Waals surface area contributed by atoms with E-state index in [1.54, 1.807) is 0 Å². The van der Waals surface area contributed by atoms with Gasteiger partial charge in [0.15, 0.2) is 0 Å². The van der Waals surface area contributed by atoms with Crippen molar-refractivity contribution >= 4 is 11.6 Å². The van der Waals surface area contributed by atoms with Gasteiger partial charge in [-0.3, -0.25) is 0 Å². The maximum absolute atomic E-state index is 12.8. The van der Waals surface area contributed by atoms with Crippen LogP contribution < -0.4 is 4.74 Å². The van der Waals surface area contributed by atoms with Gasteiger partial charge in [-0.25, -0.2) is 0 Å². The Labute approximate surface area is 536 Å². The van der Waals surface area contributed by atoms with Gasteiger partial charge in [0.05, 0.1) is 18.8 Å². The summed E-state index contributed by atoms with van der Waals surface area (Å²) < 4.78 is 27.9. The van der Waals surface area contributed by atoms with Crippen LogP contribution in [0, 0.1) is 5.92 Å². The summed E-state index contributed by atoms with van der Waals surface area (Å²) in [6, 6.07) is 22.2. The highest BCUT2D eigenvalue weighted by molar-refractivity contribution is 6.30. The smallest absolute Gasteiger partial charge is 0.141 e. The molecule has 1 saturated carbocycles. The third kappa shape index (κ3) is 30.6. The van der Waals surface area contributed by atoms with Gasteiger partial charge in [-0.05, 0) is 79.0 Å². The molecule has 490 valence electrons. The maximum atomic E-state index is 12.8. The van der Waals surface area contributed by atoms with E-state index in [2.05, 4.69) is 51.1 Å². The van der Waals surface area contributed by atoms with Crippen molar-refractivity contribution in [2.45, 2.75) is 366 Å². The molecule has 3 atom stereocenters. The van der Waals surface area contributed by atoms with E-state index in [4.69, 9.17) is 30.5 Å². The second-order valence-corrected chi connectivity index (χ2v) is 27.6. The number of ether oxygens (including phenoxy) is 4. The van der Waals surface area contributed by atoms with E-state index >= 15 is 0 Å². The molecule has 0 heterocycles. The summed E-state index contributed by atoms with van der Waals surface area (Å²) in [6.45, 7) is 9.80. The molecular weight excluding hydrogens is 1080 g/mol. The largest absolute Gasteiger partial charge is 0.493 e. The Balaban J connectivity index is 1.14. The van der Waals surface area contributed by atoms with Crippen molar-refractivity contribution in [3.05, 3.63) is 88.4 Å². The minimum absolute atomic E-state index is 0.0343. The summed E-state index contributed by atoms with van der Waals surface area (Å²) in [5.41, 5.74) is 3.21. The Kier molecular flexibility index (Phi) is 42.6. The van der Waals surface area contributed by atoms with Crippen LogP contribution in [0.25, 0.3) is 11.1 Å². The van der Waals surface area contributed by atoms with Crippen LogP contribution in [-0.4, -0.2) is 49.8 Å². The predicted molar refractivity (Wildman–Crippen MR) is 372 cm³/mol. The topological polar surface area (TPSA) is 57.2 Å². The van der Waals surface area contributed by atoms with Crippen LogP contribution in [0.5, 0.6) is 5.75 Å². The molecule has 5 nitrogen and oxygen atoms in total. The molecule has 0 radical (unpaired) electrons. The average molecular weight is 1210 g/mol. The molecule has 0 spiro atoms. The first kappa shape index (κ1) is 74.3. The van der Waals surface area contributed by atoms with E-state index in [-0.39, 0.29) is 24.2 Å². The molecule has 0 aliphatic heterocycles. The second-order valence-electron chi connectivity index (χ2n) is 27.2. The van der Waals surface area contributed by atoms with Crippen molar-refractivity contribution in [3.8, 4) is 16.9 Å². The quantitative estimate of drug-likeness (QED) is 0.0571. The van der Waals surface area contributed by atoms with E-state index in [1.807, 2.05) is 36.4 Å². The molecule has 86 heavy (non-hydrogen) atoms. The lowest BCUT2D eigenvalue weighted by atomic mass is 9.83. The first-order valence-electron chi connectivity index (χ1n) is 37.7. The van der Waals surface area contributed by atoms with Crippen molar-refractivity contribution in [2.75, 3.05) is 26.4 Å². The number of aliphatic hydroxyl groups is 1. The molecule has 2 aliphatic rings. The number of rotatable bonds is 58. The van der Waals surface area contributed by atoms with Crippen LogP contribution in [0.3, 0.4) is 0 Å². The summed E-state index contributed by atoms with van der Waals surface area (Å²) in [5, 5.41) is 13.4. The Bertz CT molecular complexity index is 2010. The first-order valence-corrected chi connectivity index (χ1v) is 38.1. The van der Waals surface area contributed by atoms with Crippen LogP contribution >= 0.6 is 11.6 Å². The van der Waals surface area contributed by atoms with E-state index in [9.17, 15) is 5.11 Å². The minimum atomic E-state index is -1.34. The van der Waals surface area contributed by atoms with Crippen molar-refractivity contribution in [2.24, 2.45) is 5.92 Å². The molecular formula is C80H133ClO5. The zero-order valence-corrected chi connectivity index (χ0v) is 57.1. The Morgan fingerprint density at radius 2 is 0.721 bits per heavy atom. The van der Waals surface area contributed by atoms with Gasteiger partial charge in [0.1, 0.15) is 17.5 Å². The number of hydrogen-bond acceptors (Lipinski definition) is 5. The van der Waals surface area contributed by atoms with Gasteiger partial charge in [0, 0.05) is 36.0 Å². The Morgan fingerprint density at radius 3 is 1.10 bits per heavy atom. The molecule has 3 unspecified atom stereocenters. The molecule has 0 amide bonds. The summed E-state index contributed by atoms with van der Waals surface area (Å²) in [6.07, 6.45) is 67.3. The van der Waals surface area contributed by atoms with E-state index < -0.39 is 5.60 Å². The average Bonchev–Trinajstić information content (AvgIpc) is 1.60. The van der Waals surface area contributed by atoms with Crippen molar-refractivity contribution in [1.82, 2.24) is 0 Å².